The molecule has 0 unspecified atom stereocenters. The molecule has 0 aromatic heterocycles. The number of amides is 3. The number of nitrogens with one attached hydrogen (secondary N) is 2. The van der Waals surface area contributed by atoms with Crippen LogP contribution in [0.1, 0.15) is 12.5 Å². The molecule has 2 aliphatic heterocycles. The standard InChI is InChI=1S/C16H21FN4O4S/c1-16(14(22)18-15(23)19-16)11-26(24,25)21-8-6-20(7-9-21)10-12-2-4-13(17)5-3-12/h2-5H,6-11H2,1H3,(H2,18,19,22,23)/t16-/m0/s1. The van der Waals surface area contributed by atoms with Crippen molar-refractivity contribution in [2.45, 2.75) is 19.0 Å². The quantitative estimate of drug-likeness (QED) is 0.689. The Balaban J connectivity index is 1.57. The van der Waals surface area contributed by atoms with Gasteiger partial charge in [-0.2, -0.15) is 4.31 Å². The maximum absolute atomic E-state index is 13.0. The Morgan fingerprint density at radius 3 is 2.27 bits per heavy atom. The van der Waals surface area contributed by atoms with Crippen molar-refractivity contribution in [2.75, 3.05) is 31.9 Å². The van der Waals surface area contributed by atoms with Crippen molar-refractivity contribution in [1.82, 2.24) is 19.8 Å². The van der Waals surface area contributed by atoms with E-state index in [0.29, 0.717) is 32.7 Å². The molecular formula is C16H21FN4O4S. The number of rotatable bonds is 5. The second-order valence-electron chi connectivity index (χ2n) is 6.80. The van der Waals surface area contributed by atoms with Crippen molar-refractivity contribution in [2.24, 2.45) is 0 Å². The highest BCUT2D eigenvalue weighted by Gasteiger charge is 2.46. The average molecular weight is 384 g/mol. The summed E-state index contributed by atoms with van der Waals surface area (Å²) >= 11 is 0. The molecule has 2 saturated heterocycles. The van der Waals surface area contributed by atoms with Crippen molar-refractivity contribution in [3.05, 3.63) is 35.6 Å². The van der Waals surface area contributed by atoms with Gasteiger partial charge in [0.2, 0.25) is 10.0 Å². The summed E-state index contributed by atoms with van der Waals surface area (Å²) in [7, 11) is -3.70. The minimum absolute atomic E-state index is 0.291. The van der Waals surface area contributed by atoms with Crippen molar-refractivity contribution in [3.63, 3.8) is 0 Å². The van der Waals surface area contributed by atoms with Gasteiger partial charge in [0.05, 0.1) is 5.75 Å². The van der Waals surface area contributed by atoms with Gasteiger partial charge in [0.15, 0.2) is 0 Å². The van der Waals surface area contributed by atoms with E-state index in [4.69, 9.17) is 0 Å². The molecule has 0 radical (unpaired) electrons. The second kappa shape index (κ2) is 6.93. The first-order chi connectivity index (χ1) is 12.2. The number of imide groups is 1. The lowest BCUT2D eigenvalue weighted by Crippen LogP contribution is -2.55. The van der Waals surface area contributed by atoms with Crippen LogP contribution >= 0.6 is 0 Å². The normalized spacial score (nSPS) is 25.2. The van der Waals surface area contributed by atoms with E-state index in [1.165, 1.54) is 23.4 Å². The number of urea groups is 1. The zero-order chi connectivity index (χ0) is 18.9. The molecule has 0 bridgehead atoms. The fourth-order valence-corrected chi connectivity index (χ4v) is 4.99. The summed E-state index contributed by atoms with van der Waals surface area (Å²) in [4.78, 5) is 25.2. The van der Waals surface area contributed by atoms with Crippen molar-refractivity contribution < 1.29 is 22.4 Å². The molecule has 8 nitrogen and oxygen atoms in total. The van der Waals surface area contributed by atoms with Crippen LogP contribution in [0.2, 0.25) is 0 Å². The fraction of sp³-hybridized carbons (Fsp3) is 0.500. The predicted octanol–water partition coefficient (Wildman–Crippen LogP) is -0.129. The molecule has 2 heterocycles. The third-order valence-corrected chi connectivity index (χ3v) is 6.73. The third kappa shape index (κ3) is 4.02. The monoisotopic (exact) mass is 384 g/mol. The highest BCUT2D eigenvalue weighted by atomic mass is 32.2. The summed E-state index contributed by atoms with van der Waals surface area (Å²) in [6, 6.07) is 5.54. The van der Waals surface area contributed by atoms with Crippen LogP contribution in [0.4, 0.5) is 9.18 Å². The number of hydrogen-bond acceptors (Lipinski definition) is 5. The van der Waals surface area contributed by atoms with Gasteiger partial charge < -0.3 is 5.32 Å². The Bertz CT molecular complexity index is 806. The zero-order valence-electron chi connectivity index (χ0n) is 14.4. The van der Waals surface area contributed by atoms with Gasteiger partial charge in [-0.05, 0) is 24.6 Å². The van der Waals surface area contributed by atoms with E-state index in [1.807, 2.05) is 0 Å². The molecule has 0 saturated carbocycles. The Morgan fingerprint density at radius 2 is 1.73 bits per heavy atom. The zero-order valence-corrected chi connectivity index (χ0v) is 15.2. The first kappa shape index (κ1) is 18.7. The molecule has 142 valence electrons. The highest BCUT2D eigenvalue weighted by Crippen LogP contribution is 2.18. The van der Waals surface area contributed by atoms with Crippen molar-refractivity contribution >= 4 is 22.0 Å². The lowest BCUT2D eigenvalue weighted by atomic mass is 10.1. The minimum Gasteiger partial charge on any atom is -0.322 e. The van der Waals surface area contributed by atoms with Gasteiger partial charge in [-0.15, -0.1) is 0 Å². The van der Waals surface area contributed by atoms with E-state index in [0.717, 1.165) is 5.56 Å². The number of carbonyl (C=O) groups excluding carboxylic acids is 2. The maximum atomic E-state index is 13.0. The van der Waals surface area contributed by atoms with E-state index in [1.54, 1.807) is 12.1 Å². The number of halogens is 1. The summed E-state index contributed by atoms with van der Waals surface area (Å²) in [5, 5.41) is 4.44. The smallest absolute Gasteiger partial charge is 0.322 e. The fourth-order valence-electron chi connectivity index (χ4n) is 3.15. The number of sulfonamides is 1. The molecule has 2 N–H and O–H groups in total. The van der Waals surface area contributed by atoms with Crippen LogP contribution in [0, 0.1) is 5.82 Å². The van der Waals surface area contributed by atoms with Crippen LogP contribution in [0.25, 0.3) is 0 Å². The molecule has 26 heavy (non-hydrogen) atoms. The van der Waals surface area contributed by atoms with Gasteiger partial charge in [-0.3, -0.25) is 15.0 Å². The van der Waals surface area contributed by atoms with Crippen molar-refractivity contribution in [1.29, 1.82) is 0 Å². The lowest BCUT2D eigenvalue weighted by Gasteiger charge is -2.35. The molecular weight excluding hydrogens is 363 g/mol. The Kier molecular flexibility index (Phi) is 5.00. The Hall–Kier alpha value is -2.04. The summed E-state index contributed by atoms with van der Waals surface area (Å²) in [5.41, 5.74) is -0.498. The largest absolute Gasteiger partial charge is 0.322 e. The molecule has 2 fully saturated rings. The van der Waals surface area contributed by atoms with E-state index >= 15 is 0 Å². The molecule has 1 atom stereocenters. The molecule has 10 heteroatoms. The maximum Gasteiger partial charge on any atom is 0.322 e. The van der Waals surface area contributed by atoms with Gasteiger partial charge in [0, 0.05) is 32.7 Å². The van der Waals surface area contributed by atoms with Gasteiger partial charge in [0.1, 0.15) is 11.4 Å². The molecule has 0 spiro atoms. The number of nitrogens with zero attached hydrogens (tertiary/aromatic N) is 2. The molecule has 3 amide bonds. The summed E-state index contributed by atoms with van der Waals surface area (Å²) in [5.74, 6) is -1.41. The lowest BCUT2D eigenvalue weighted by molar-refractivity contribution is -0.122. The second-order valence-corrected chi connectivity index (χ2v) is 8.77. The van der Waals surface area contributed by atoms with Crippen LogP contribution in [0.3, 0.4) is 0 Å². The van der Waals surface area contributed by atoms with Crippen LogP contribution < -0.4 is 10.6 Å². The van der Waals surface area contributed by atoms with Crippen LogP contribution in [-0.2, 0) is 21.4 Å². The SMILES string of the molecule is C[C@@]1(CS(=O)(=O)N2CCN(Cc3ccc(F)cc3)CC2)NC(=O)NC1=O. The summed E-state index contributed by atoms with van der Waals surface area (Å²) in [6.45, 7) is 3.68. The first-order valence-electron chi connectivity index (χ1n) is 8.26. The van der Waals surface area contributed by atoms with E-state index in [9.17, 15) is 22.4 Å². The highest BCUT2D eigenvalue weighted by molar-refractivity contribution is 7.89. The first-order valence-corrected chi connectivity index (χ1v) is 9.87. The third-order valence-electron chi connectivity index (χ3n) is 4.63. The molecule has 0 aliphatic carbocycles. The van der Waals surface area contributed by atoms with E-state index in [-0.39, 0.29) is 5.82 Å². The number of hydrogen-bond donors (Lipinski definition) is 2. The average Bonchev–Trinajstić information content (AvgIpc) is 2.81. The number of piperazine rings is 1. The minimum atomic E-state index is -3.70. The van der Waals surface area contributed by atoms with Crippen LogP contribution in [0.5, 0.6) is 0 Å². The molecule has 3 rings (SSSR count). The van der Waals surface area contributed by atoms with E-state index in [2.05, 4.69) is 15.5 Å². The Labute approximate surface area is 151 Å². The van der Waals surface area contributed by atoms with Gasteiger partial charge in [0.25, 0.3) is 5.91 Å². The summed E-state index contributed by atoms with van der Waals surface area (Å²) in [6.07, 6.45) is 0. The number of benzene rings is 1. The van der Waals surface area contributed by atoms with Crippen molar-refractivity contribution in [3.8, 4) is 0 Å². The van der Waals surface area contributed by atoms with E-state index < -0.39 is 33.3 Å². The van der Waals surface area contributed by atoms with Gasteiger partial charge >= 0.3 is 6.03 Å². The molecule has 1 aromatic carbocycles. The predicted molar refractivity (Wildman–Crippen MR) is 92.1 cm³/mol. The Morgan fingerprint density at radius 1 is 1.12 bits per heavy atom. The summed E-state index contributed by atoms with van der Waals surface area (Å²) < 4.78 is 39.6. The van der Waals surface area contributed by atoms with Gasteiger partial charge in [-0.25, -0.2) is 17.6 Å². The van der Waals surface area contributed by atoms with Crippen LogP contribution in [-0.4, -0.2) is 67.0 Å². The topological polar surface area (TPSA) is 98.8 Å². The molecule has 1 aromatic rings. The number of carbonyl (C=O) groups is 2. The molecule has 2 aliphatic rings. The van der Waals surface area contributed by atoms with Gasteiger partial charge in [-0.1, -0.05) is 12.1 Å². The van der Waals surface area contributed by atoms with Crippen LogP contribution in [0.15, 0.2) is 24.3 Å².